The predicted octanol–water partition coefficient (Wildman–Crippen LogP) is 9.25. The summed E-state index contributed by atoms with van der Waals surface area (Å²) in [4.78, 5) is 11.9. The van der Waals surface area contributed by atoms with Crippen molar-refractivity contribution < 1.29 is 41.8 Å². The quantitative estimate of drug-likeness (QED) is 0.179. The summed E-state index contributed by atoms with van der Waals surface area (Å²) in [5.74, 6) is 1.34. The van der Waals surface area contributed by atoms with Crippen LogP contribution in [-0.4, -0.2) is 22.8 Å². The number of hydrogen-bond acceptors (Lipinski definition) is 7. The smallest absolute Gasteiger partial charge is 0.489 e. The Hall–Kier alpha value is -4.51. The van der Waals surface area contributed by atoms with Crippen LogP contribution >= 0.6 is 11.3 Å². The minimum Gasteiger partial charge on any atom is -0.489 e. The van der Waals surface area contributed by atoms with E-state index in [2.05, 4.69) is 9.89 Å². The zero-order valence-electron chi connectivity index (χ0n) is 22.4. The lowest BCUT2D eigenvalue weighted by Crippen LogP contribution is -2.17. The van der Waals surface area contributed by atoms with Gasteiger partial charge in [-0.1, -0.05) is 29.4 Å². The van der Waals surface area contributed by atoms with Crippen LogP contribution in [0.4, 0.5) is 18.0 Å². The Labute approximate surface area is 242 Å². The zero-order valence-corrected chi connectivity index (χ0v) is 23.3. The summed E-state index contributed by atoms with van der Waals surface area (Å²) in [6.07, 6.45) is -4.38. The molecule has 0 amide bonds. The van der Waals surface area contributed by atoms with Crippen LogP contribution in [0.15, 0.2) is 65.2 Å². The molecule has 5 aromatic rings. The van der Waals surface area contributed by atoms with Crippen molar-refractivity contribution in [2.45, 2.75) is 45.6 Å². The molecular weight excluding hydrogens is 571 g/mol. The number of carboxylic acid groups (broad SMARTS) is 1. The third kappa shape index (κ3) is 5.64. The molecule has 2 heterocycles. The van der Waals surface area contributed by atoms with Gasteiger partial charge in [-0.05, 0) is 79.8 Å². The van der Waals surface area contributed by atoms with Crippen molar-refractivity contribution >= 4 is 27.6 Å². The van der Waals surface area contributed by atoms with Crippen LogP contribution in [0.5, 0.6) is 17.2 Å². The van der Waals surface area contributed by atoms with E-state index in [1.807, 2.05) is 50.2 Å². The summed E-state index contributed by atoms with van der Waals surface area (Å²) in [7, 11) is 0. The molecule has 0 radical (unpaired) electrons. The topological polar surface area (TPSA) is 91.0 Å². The Morgan fingerprint density at radius 2 is 1.86 bits per heavy atom. The Bertz CT molecular complexity index is 1800. The molecular formula is C31H24F3NO6S. The maximum Gasteiger partial charge on any atom is 0.573 e. The largest absolute Gasteiger partial charge is 0.573 e. The van der Waals surface area contributed by atoms with Crippen molar-refractivity contribution in [1.82, 2.24) is 5.16 Å². The minimum atomic E-state index is -4.85. The molecule has 1 saturated carbocycles. The lowest BCUT2D eigenvalue weighted by atomic mass is 9.99. The van der Waals surface area contributed by atoms with Crippen molar-refractivity contribution in [3.8, 4) is 39.6 Å². The van der Waals surface area contributed by atoms with Crippen LogP contribution in [0.2, 0.25) is 0 Å². The first-order valence-electron chi connectivity index (χ1n) is 13.1. The number of benzene rings is 3. The van der Waals surface area contributed by atoms with Crippen molar-refractivity contribution in [1.29, 1.82) is 0 Å². The van der Waals surface area contributed by atoms with E-state index in [0.29, 0.717) is 22.8 Å². The van der Waals surface area contributed by atoms with E-state index in [4.69, 9.17) is 19.1 Å². The number of ether oxygens (including phenoxy) is 3. The first-order valence-corrected chi connectivity index (χ1v) is 13.9. The summed E-state index contributed by atoms with van der Waals surface area (Å²) in [5, 5.41) is 13.9. The molecule has 216 valence electrons. The van der Waals surface area contributed by atoms with Crippen LogP contribution in [0.3, 0.4) is 0 Å². The second-order valence-electron chi connectivity index (χ2n) is 10.0. The van der Waals surface area contributed by atoms with E-state index in [9.17, 15) is 18.0 Å². The molecule has 1 N–H and O–H groups in total. The number of carbonyl (C=O) groups is 1. The number of aromatic nitrogens is 1. The predicted molar refractivity (Wildman–Crippen MR) is 150 cm³/mol. The third-order valence-electron chi connectivity index (χ3n) is 7.03. The Morgan fingerprint density at radius 3 is 2.57 bits per heavy atom. The van der Waals surface area contributed by atoms with E-state index in [-0.39, 0.29) is 29.5 Å². The molecule has 6 rings (SSSR count). The summed E-state index contributed by atoms with van der Waals surface area (Å²) in [6, 6.07) is 17.3. The second-order valence-corrected chi connectivity index (χ2v) is 11.3. The van der Waals surface area contributed by atoms with Gasteiger partial charge in [0, 0.05) is 26.4 Å². The summed E-state index contributed by atoms with van der Waals surface area (Å²) in [5.41, 5.74) is 3.89. The highest BCUT2D eigenvalue weighted by Crippen LogP contribution is 2.46. The van der Waals surface area contributed by atoms with Crippen LogP contribution in [0.25, 0.3) is 32.5 Å². The third-order valence-corrected chi connectivity index (χ3v) is 8.07. The van der Waals surface area contributed by atoms with Crippen molar-refractivity contribution in [2.24, 2.45) is 0 Å². The molecule has 1 fully saturated rings. The number of para-hydroxylation sites is 1. The Morgan fingerprint density at radius 1 is 1.07 bits per heavy atom. The number of hydrogen-bond donors (Lipinski definition) is 1. The molecule has 0 aliphatic heterocycles. The number of halogens is 3. The molecule has 0 bridgehead atoms. The lowest BCUT2D eigenvalue weighted by molar-refractivity contribution is -0.274. The maximum absolute atomic E-state index is 13.1. The van der Waals surface area contributed by atoms with Crippen LogP contribution in [0.1, 0.15) is 40.5 Å². The molecule has 7 nitrogen and oxygen atoms in total. The molecule has 0 saturated heterocycles. The lowest BCUT2D eigenvalue weighted by Gasteiger charge is -2.14. The Balaban J connectivity index is 1.26. The molecule has 0 atom stereocenters. The first-order chi connectivity index (χ1) is 20.1. The van der Waals surface area contributed by atoms with Crippen LogP contribution in [-0.2, 0) is 6.61 Å². The molecule has 0 unspecified atom stereocenters. The average molecular weight is 596 g/mol. The van der Waals surface area contributed by atoms with Gasteiger partial charge >= 0.3 is 12.5 Å². The van der Waals surface area contributed by atoms with Gasteiger partial charge in [0.25, 0.3) is 0 Å². The normalized spacial score (nSPS) is 13.4. The fourth-order valence-corrected chi connectivity index (χ4v) is 6.03. The van der Waals surface area contributed by atoms with Crippen molar-refractivity contribution in [3.63, 3.8) is 0 Å². The van der Waals surface area contributed by atoms with Gasteiger partial charge in [-0.3, -0.25) is 0 Å². The van der Waals surface area contributed by atoms with Crippen LogP contribution in [0, 0.1) is 13.8 Å². The van der Waals surface area contributed by atoms with E-state index in [0.717, 1.165) is 44.5 Å². The SMILES string of the molecule is Cc1cc(OCc2c(-c3ccccc3OC(F)(F)F)noc2C2CC2)ccc1-c1ccc2c(OC(=O)O)c(C)sc2c1. The molecule has 1 aliphatic rings. The number of fused-ring (bicyclic) bond motifs is 1. The fourth-order valence-electron chi connectivity index (χ4n) is 5.00. The standard InChI is InChI=1S/C31H24F3NO6S/c1-16-13-20(10-12-21(16)19-9-11-23-26(14-19)42-17(2)28(23)39-30(36)37)38-15-24-27(35-41-29(24)18-7-8-18)22-5-3-4-6-25(22)40-31(32,33)34/h3-6,9-14,18H,7-8,15H2,1-2H3,(H,36,37). The molecule has 42 heavy (non-hydrogen) atoms. The van der Waals surface area contributed by atoms with Crippen LogP contribution < -0.4 is 14.2 Å². The highest BCUT2D eigenvalue weighted by Gasteiger charge is 2.36. The summed E-state index contributed by atoms with van der Waals surface area (Å²) >= 11 is 1.46. The Kier molecular flexibility index (Phi) is 7.05. The van der Waals surface area contributed by atoms with Gasteiger partial charge in [0.1, 0.15) is 29.6 Å². The maximum atomic E-state index is 13.1. The van der Waals surface area contributed by atoms with Gasteiger partial charge in [-0.2, -0.15) is 0 Å². The van der Waals surface area contributed by atoms with Gasteiger partial charge in [-0.25, -0.2) is 4.79 Å². The molecule has 3 aromatic carbocycles. The summed E-state index contributed by atoms with van der Waals surface area (Å²) < 4.78 is 61.1. The number of rotatable bonds is 8. The van der Waals surface area contributed by atoms with Gasteiger partial charge in [0.15, 0.2) is 5.75 Å². The van der Waals surface area contributed by atoms with Crippen molar-refractivity contribution in [3.05, 3.63) is 82.4 Å². The number of alkyl halides is 3. The second kappa shape index (κ2) is 10.7. The monoisotopic (exact) mass is 595 g/mol. The molecule has 2 aromatic heterocycles. The number of thiophene rings is 1. The van der Waals surface area contributed by atoms with E-state index >= 15 is 0 Å². The van der Waals surface area contributed by atoms with Crippen molar-refractivity contribution in [2.75, 3.05) is 0 Å². The minimum absolute atomic E-state index is 0.0522. The fraction of sp³-hybridized carbons (Fsp3) is 0.226. The van der Waals surface area contributed by atoms with E-state index in [1.54, 1.807) is 6.07 Å². The van der Waals surface area contributed by atoms with Gasteiger partial charge in [0.05, 0.1) is 5.56 Å². The zero-order chi connectivity index (χ0) is 29.6. The summed E-state index contributed by atoms with van der Waals surface area (Å²) in [6.45, 7) is 3.82. The molecule has 1 aliphatic carbocycles. The van der Waals surface area contributed by atoms with Gasteiger partial charge in [-0.15, -0.1) is 24.5 Å². The van der Waals surface area contributed by atoms with E-state index < -0.39 is 12.5 Å². The first kappa shape index (κ1) is 27.6. The highest BCUT2D eigenvalue weighted by atomic mass is 32.1. The van der Waals surface area contributed by atoms with Gasteiger partial charge < -0.3 is 23.8 Å². The molecule has 11 heteroatoms. The molecule has 0 spiro atoms. The number of nitrogens with zero attached hydrogens (tertiary/aromatic N) is 1. The highest BCUT2D eigenvalue weighted by molar-refractivity contribution is 7.19. The van der Waals surface area contributed by atoms with Gasteiger partial charge in [0.2, 0.25) is 0 Å². The number of aryl methyl sites for hydroxylation is 2. The van der Waals surface area contributed by atoms with E-state index in [1.165, 1.54) is 29.5 Å². The average Bonchev–Trinajstić information content (AvgIpc) is 3.61.